The third kappa shape index (κ3) is 2.62. The molecule has 2 aromatic rings. The quantitative estimate of drug-likeness (QED) is 0.826. The molecular weight excluding hydrogens is 222 g/mol. The zero-order chi connectivity index (χ0) is 11.5. The van der Waals surface area contributed by atoms with Gasteiger partial charge in [0.15, 0.2) is 0 Å². The number of nitrogens with zero attached hydrogens (tertiary/aromatic N) is 2. The summed E-state index contributed by atoms with van der Waals surface area (Å²) in [4.78, 5) is 4.46. The van der Waals surface area contributed by atoms with Gasteiger partial charge in [-0.25, -0.2) is 4.98 Å². The summed E-state index contributed by atoms with van der Waals surface area (Å²) in [6, 6.07) is 3.75. The lowest BCUT2D eigenvalue weighted by Crippen LogP contribution is -2.15. The molecule has 0 bridgehead atoms. The number of rotatable bonds is 4. The van der Waals surface area contributed by atoms with Gasteiger partial charge >= 0.3 is 0 Å². The van der Waals surface area contributed by atoms with E-state index >= 15 is 0 Å². The molecule has 16 heavy (non-hydrogen) atoms. The smallest absolute Gasteiger partial charge is 0.137 e. The molecule has 0 aromatic carbocycles. The van der Waals surface area contributed by atoms with Crippen molar-refractivity contribution in [1.29, 1.82) is 0 Å². The lowest BCUT2D eigenvalue weighted by Gasteiger charge is -1.99. The average molecular weight is 236 g/mol. The standard InChI is InChI=1S/C12H14ClN3/c1-9(2)5-14-6-11-8-16-7-10(13)3-4-12(16)15-11/h3-4,7-8,14H,1,5-6H2,2H3. The van der Waals surface area contributed by atoms with Crippen LogP contribution in [0.3, 0.4) is 0 Å². The Balaban J connectivity index is 2.10. The maximum absolute atomic E-state index is 5.90. The number of imidazole rings is 1. The van der Waals surface area contributed by atoms with E-state index in [9.17, 15) is 0 Å². The van der Waals surface area contributed by atoms with Crippen molar-refractivity contribution in [3.05, 3.63) is 47.4 Å². The Morgan fingerprint density at radius 1 is 1.50 bits per heavy atom. The molecule has 0 saturated carbocycles. The molecule has 2 rings (SSSR count). The van der Waals surface area contributed by atoms with Gasteiger partial charge in [0, 0.05) is 25.5 Å². The van der Waals surface area contributed by atoms with Gasteiger partial charge in [-0.05, 0) is 19.1 Å². The van der Waals surface area contributed by atoms with E-state index < -0.39 is 0 Å². The number of pyridine rings is 1. The Labute approximate surface area is 99.8 Å². The van der Waals surface area contributed by atoms with E-state index in [1.54, 1.807) is 0 Å². The molecule has 0 radical (unpaired) electrons. The second-order valence-corrected chi connectivity index (χ2v) is 4.34. The van der Waals surface area contributed by atoms with Gasteiger partial charge in [0.1, 0.15) is 5.65 Å². The van der Waals surface area contributed by atoms with Crippen molar-refractivity contribution in [2.45, 2.75) is 13.5 Å². The molecule has 1 N–H and O–H groups in total. The number of aromatic nitrogens is 2. The second kappa shape index (κ2) is 4.68. The fourth-order valence-corrected chi connectivity index (χ4v) is 1.67. The highest BCUT2D eigenvalue weighted by Crippen LogP contribution is 2.11. The second-order valence-electron chi connectivity index (χ2n) is 3.91. The molecule has 0 atom stereocenters. The molecule has 0 aliphatic rings. The van der Waals surface area contributed by atoms with Crippen LogP contribution in [0.5, 0.6) is 0 Å². The first-order valence-electron chi connectivity index (χ1n) is 5.13. The van der Waals surface area contributed by atoms with Gasteiger partial charge < -0.3 is 9.72 Å². The van der Waals surface area contributed by atoms with Crippen LogP contribution >= 0.6 is 11.6 Å². The summed E-state index contributed by atoms with van der Waals surface area (Å²) in [5.74, 6) is 0. The third-order valence-electron chi connectivity index (χ3n) is 2.20. The van der Waals surface area contributed by atoms with E-state index in [4.69, 9.17) is 11.6 Å². The highest BCUT2D eigenvalue weighted by Gasteiger charge is 2.01. The first-order chi connectivity index (χ1) is 7.65. The Kier molecular flexibility index (Phi) is 3.27. The van der Waals surface area contributed by atoms with Crippen LogP contribution in [0, 0.1) is 0 Å². The van der Waals surface area contributed by atoms with Crippen LogP contribution in [0.15, 0.2) is 36.7 Å². The monoisotopic (exact) mass is 235 g/mol. The third-order valence-corrected chi connectivity index (χ3v) is 2.42. The maximum Gasteiger partial charge on any atom is 0.137 e. The Hall–Kier alpha value is -1.32. The topological polar surface area (TPSA) is 29.3 Å². The van der Waals surface area contributed by atoms with E-state index in [0.717, 1.165) is 30.0 Å². The maximum atomic E-state index is 5.90. The molecule has 3 nitrogen and oxygen atoms in total. The SMILES string of the molecule is C=C(C)CNCc1cn2cc(Cl)ccc2n1. The minimum Gasteiger partial charge on any atom is -0.307 e. The zero-order valence-corrected chi connectivity index (χ0v) is 9.96. The van der Waals surface area contributed by atoms with Gasteiger partial charge in [-0.2, -0.15) is 0 Å². The lowest BCUT2D eigenvalue weighted by molar-refractivity contribution is 0.728. The van der Waals surface area contributed by atoms with E-state index in [0.29, 0.717) is 5.02 Å². The predicted octanol–water partition coefficient (Wildman–Crippen LogP) is 2.65. The Morgan fingerprint density at radius 3 is 3.06 bits per heavy atom. The first kappa shape index (κ1) is 11.2. The van der Waals surface area contributed by atoms with E-state index in [1.165, 1.54) is 0 Å². The van der Waals surface area contributed by atoms with E-state index in [2.05, 4.69) is 16.9 Å². The van der Waals surface area contributed by atoms with Crippen molar-refractivity contribution >= 4 is 17.2 Å². The molecule has 2 aromatic heterocycles. The summed E-state index contributed by atoms with van der Waals surface area (Å²) >= 11 is 5.90. The van der Waals surface area contributed by atoms with Crippen molar-refractivity contribution in [1.82, 2.24) is 14.7 Å². The van der Waals surface area contributed by atoms with Gasteiger partial charge in [-0.15, -0.1) is 0 Å². The van der Waals surface area contributed by atoms with Crippen LogP contribution in [0.25, 0.3) is 5.65 Å². The van der Waals surface area contributed by atoms with Crippen LogP contribution in [0.4, 0.5) is 0 Å². The number of nitrogens with one attached hydrogen (secondary N) is 1. The van der Waals surface area contributed by atoms with Gasteiger partial charge in [0.05, 0.1) is 10.7 Å². The van der Waals surface area contributed by atoms with Gasteiger partial charge in [-0.1, -0.05) is 23.8 Å². The molecule has 84 valence electrons. The molecule has 0 spiro atoms. The average Bonchev–Trinajstić information content (AvgIpc) is 2.58. The minimum atomic E-state index is 0.714. The summed E-state index contributed by atoms with van der Waals surface area (Å²) in [5.41, 5.74) is 3.03. The van der Waals surface area contributed by atoms with Crippen molar-refractivity contribution in [3.8, 4) is 0 Å². The molecule has 0 unspecified atom stereocenters. The van der Waals surface area contributed by atoms with E-state index in [-0.39, 0.29) is 0 Å². The van der Waals surface area contributed by atoms with E-state index in [1.807, 2.05) is 35.9 Å². The lowest BCUT2D eigenvalue weighted by atomic mass is 10.3. The van der Waals surface area contributed by atoms with Crippen molar-refractivity contribution in [2.75, 3.05) is 6.54 Å². The number of halogens is 1. The Bertz CT molecular complexity index is 516. The normalized spacial score (nSPS) is 10.9. The molecule has 0 aliphatic carbocycles. The first-order valence-corrected chi connectivity index (χ1v) is 5.51. The summed E-state index contributed by atoms with van der Waals surface area (Å²) in [6.45, 7) is 7.39. The Morgan fingerprint density at radius 2 is 2.31 bits per heavy atom. The van der Waals surface area contributed by atoms with Gasteiger partial charge in [0.25, 0.3) is 0 Å². The summed E-state index contributed by atoms with van der Waals surface area (Å²) in [5, 5.41) is 3.98. The van der Waals surface area contributed by atoms with Crippen LogP contribution in [-0.2, 0) is 6.54 Å². The predicted molar refractivity (Wildman–Crippen MR) is 66.7 cm³/mol. The molecule has 0 aliphatic heterocycles. The molecular formula is C12H14ClN3. The van der Waals surface area contributed by atoms with Crippen LogP contribution in [0.2, 0.25) is 5.02 Å². The van der Waals surface area contributed by atoms with Crippen LogP contribution < -0.4 is 5.32 Å². The molecule has 2 heterocycles. The molecule has 0 fully saturated rings. The van der Waals surface area contributed by atoms with Crippen molar-refractivity contribution < 1.29 is 0 Å². The summed E-state index contributed by atoms with van der Waals surface area (Å²) in [7, 11) is 0. The van der Waals surface area contributed by atoms with Crippen LogP contribution in [-0.4, -0.2) is 15.9 Å². The summed E-state index contributed by atoms with van der Waals surface area (Å²) in [6.07, 6.45) is 3.83. The zero-order valence-electron chi connectivity index (χ0n) is 9.20. The fourth-order valence-electron chi connectivity index (χ4n) is 1.51. The summed E-state index contributed by atoms with van der Waals surface area (Å²) < 4.78 is 1.93. The number of fused-ring (bicyclic) bond motifs is 1. The van der Waals surface area contributed by atoms with Gasteiger partial charge in [-0.3, -0.25) is 0 Å². The number of hydrogen-bond acceptors (Lipinski definition) is 2. The van der Waals surface area contributed by atoms with Crippen molar-refractivity contribution in [2.24, 2.45) is 0 Å². The fraction of sp³-hybridized carbons (Fsp3) is 0.250. The van der Waals surface area contributed by atoms with Gasteiger partial charge in [0.2, 0.25) is 0 Å². The van der Waals surface area contributed by atoms with Crippen LogP contribution in [0.1, 0.15) is 12.6 Å². The molecule has 0 saturated heterocycles. The highest BCUT2D eigenvalue weighted by atomic mass is 35.5. The molecule has 4 heteroatoms. The van der Waals surface area contributed by atoms with Crippen molar-refractivity contribution in [3.63, 3.8) is 0 Å². The molecule has 0 amide bonds. The number of hydrogen-bond donors (Lipinski definition) is 1. The minimum absolute atomic E-state index is 0.714. The largest absolute Gasteiger partial charge is 0.307 e. The highest BCUT2D eigenvalue weighted by molar-refractivity contribution is 6.30.